The lowest BCUT2D eigenvalue weighted by Crippen LogP contribution is -2.18. The second kappa shape index (κ2) is 5.15. The molecule has 0 N–H and O–H groups in total. The second-order valence-electron chi connectivity index (χ2n) is 3.84. The number of hydrogen-bond donors (Lipinski definition) is 0. The molecule has 18 heavy (non-hydrogen) atoms. The van der Waals surface area contributed by atoms with Gasteiger partial charge < -0.3 is 4.90 Å². The van der Waals surface area contributed by atoms with E-state index < -0.39 is 11.6 Å². The van der Waals surface area contributed by atoms with Crippen molar-refractivity contribution >= 4 is 17.0 Å². The summed E-state index contributed by atoms with van der Waals surface area (Å²) in [4.78, 5) is 2.51. The summed E-state index contributed by atoms with van der Waals surface area (Å²) in [5.41, 5.74) is -0.124. The lowest BCUT2D eigenvalue weighted by atomic mass is 10.2. The molecule has 0 unspecified atom stereocenters. The van der Waals surface area contributed by atoms with Gasteiger partial charge in [0.15, 0.2) is 11.6 Å². The summed E-state index contributed by atoms with van der Waals surface area (Å²) in [7, 11) is 1.62. The van der Waals surface area contributed by atoms with Gasteiger partial charge in [0.05, 0.1) is 18.2 Å². The molecule has 1 heterocycles. The first-order valence-corrected chi connectivity index (χ1v) is 6.12. The Balaban J connectivity index is 2.31. The zero-order chi connectivity index (χ0) is 13.1. The molecule has 1 aromatic carbocycles. The molecule has 1 aromatic heterocycles. The Hall–Kier alpha value is -1.93. The van der Waals surface area contributed by atoms with Crippen LogP contribution in [-0.2, 0) is 6.54 Å². The number of anilines is 1. The maximum atomic E-state index is 13.7. The van der Waals surface area contributed by atoms with E-state index in [0.29, 0.717) is 6.54 Å². The maximum absolute atomic E-state index is 13.7. The van der Waals surface area contributed by atoms with E-state index in [1.807, 2.05) is 17.5 Å². The average molecular weight is 264 g/mol. The number of rotatable bonds is 3. The molecule has 0 saturated carbocycles. The Morgan fingerprint density at radius 1 is 1.33 bits per heavy atom. The van der Waals surface area contributed by atoms with E-state index in [1.165, 1.54) is 16.2 Å². The van der Waals surface area contributed by atoms with E-state index in [-0.39, 0.29) is 11.3 Å². The summed E-state index contributed by atoms with van der Waals surface area (Å²) >= 11 is 1.53. The molecule has 92 valence electrons. The zero-order valence-corrected chi connectivity index (χ0v) is 10.5. The van der Waals surface area contributed by atoms with Crippen molar-refractivity contribution < 1.29 is 8.78 Å². The highest BCUT2D eigenvalue weighted by atomic mass is 32.1. The second-order valence-corrected chi connectivity index (χ2v) is 4.87. The molecule has 0 spiro atoms. The van der Waals surface area contributed by atoms with E-state index in [4.69, 9.17) is 5.26 Å². The Morgan fingerprint density at radius 3 is 2.50 bits per heavy atom. The third kappa shape index (κ3) is 2.49. The fourth-order valence-corrected chi connectivity index (χ4v) is 2.47. The van der Waals surface area contributed by atoms with E-state index in [1.54, 1.807) is 13.1 Å². The predicted molar refractivity (Wildman–Crippen MR) is 67.5 cm³/mol. The largest absolute Gasteiger partial charge is 0.365 e. The van der Waals surface area contributed by atoms with Crippen molar-refractivity contribution in [1.82, 2.24) is 0 Å². The summed E-state index contributed by atoms with van der Waals surface area (Å²) in [5, 5.41) is 10.5. The van der Waals surface area contributed by atoms with Crippen LogP contribution < -0.4 is 4.90 Å². The molecule has 0 aliphatic heterocycles. The number of hydrogen-bond acceptors (Lipinski definition) is 3. The monoisotopic (exact) mass is 264 g/mol. The van der Waals surface area contributed by atoms with Crippen molar-refractivity contribution in [3.63, 3.8) is 0 Å². The molecule has 0 aliphatic carbocycles. The number of thiophene rings is 1. The molecule has 2 rings (SSSR count). The van der Waals surface area contributed by atoms with Gasteiger partial charge >= 0.3 is 0 Å². The van der Waals surface area contributed by atoms with Gasteiger partial charge in [-0.1, -0.05) is 6.07 Å². The number of nitrogens with zero attached hydrogens (tertiary/aromatic N) is 2. The van der Waals surface area contributed by atoms with Gasteiger partial charge in [-0.3, -0.25) is 0 Å². The van der Waals surface area contributed by atoms with Crippen LogP contribution in [0.4, 0.5) is 14.5 Å². The van der Waals surface area contributed by atoms with Crippen LogP contribution in [0.15, 0.2) is 29.6 Å². The number of benzene rings is 1. The fourth-order valence-electron chi connectivity index (χ4n) is 1.71. The Morgan fingerprint density at radius 2 is 2.00 bits per heavy atom. The van der Waals surface area contributed by atoms with Gasteiger partial charge in [-0.05, 0) is 23.6 Å². The minimum Gasteiger partial charge on any atom is -0.365 e. The van der Waals surface area contributed by atoms with Gasteiger partial charge in [-0.15, -0.1) is 11.3 Å². The van der Waals surface area contributed by atoms with Gasteiger partial charge in [-0.25, -0.2) is 8.78 Å². The Kier molecular flexibility index (Phi) is 3.58. The van der Waals surface area contributed by atoms with Crippen molar-refractivity contribution in [2.24, 2.45) is 0 Å². The highest BCUT2D eigenvalue weighted by Crippen LogP contribution is 2.26. The summed E-state index contributed by atoms with van der Waals surface area (Å²) in [6.45, 7) is 0.428. The molecular weight excluding hydrogens is 254 g/mol. The van der Waals surface area contributed by atoms with Crippen molar-refractivity contribution in [1.29, 1.82) is 5.26 Å². The fraction of sp³-hybridized carbons (Fsp3) is 0.154. The lowest BCUT2D eigenvalue weighted by Gasteiger charge is -2.19. The average Bonchev–Trinajstić information content (AvgIpc) is 2.80. The van der Waals surface area contributed by atoms with Crippen LogP contribution >= 0.6 is 11.3 Å². The highest BCUT2D eigenvalue weighted by Gasteiger charge is 2.15. The van der Waals surface area contributed by atoms with E-state index in [2.05, 4.69) is 0 Å². The van der Waals surface area contributed by atoms with Crippen molar-refractivity contribution in [2.45, 2.75) is 6.54 Å². The molecule has 5 heteroatoms. The third-order valence-electron chi connectivity index (χ3n) is 2.50. The van der Waals surface area contributed by atoms with Crippen molar-refractivity contribution in [3.8, 4) is 6.07 Å². The molecule has 0 bridgehead atoms. The quantitative estimate of drug-likeness (QED) is 0.848. The minimum absolute atomic E-state index is 0.0155. The minimum atomic E-state index is -0.717. The molecule has 2 nitrogen and oxygen atoms in total. The van der Waals surface area contributed by atoms with Crippen molar-refractivity contribution in [3.05, 3.63) is 51.7 Å². The van der Waals surface area contributed by atoms with Crippen LogP contribution in [0.25, 0.3) is 0 Å². The first-order chi connectivity index (χ1) is 8.61. The molecule has 0 amide bonds. The molecule has 0 aliphatic rings. The third-order valence-corrected chi connectivity index (χ3v) is 3.36. The lowest BCUT2D eigenvalue weighted by molar-refractivity contribution is 0.576. The van der Waals surface area contributed by atoms with Crippen LogP contribution in [0.5, 0.6) is 0 Å². The molecule has 0 saturated heterocycles. The summed E-state index contributed by atoms with van der Waals surface area (Å²) in [6, 6.07) is 7.61. The van der Waals surface area contributed by atoms with E-state index in [0.717, 1.165) is 17.0 Å². The Labute approximate surface area is 108 Å². The van der Waals surface area contributed by atoms with Crippen LogP contribution in [0.3, 0.4) is 0 Å². The molecule has 2 aromatic rings. The zero-order valence-electron chi connectivity index (χ0n) is 9.65. The SMILES string of the molecule is CN(Cc1cccs1)c1c(F)cc(C#N)cc1F. The van der Waals surface area contributed by atoms with Gasteiger partial charge in [-0.2, -0.15) is 5.26 Å². The summed E-state index contributed by atoms with van der Waals surface area (Å²) < 4.78 is 27.5. The topological polar surface area (TPSA) is 27.0 Å². The van der Waals surface area contributed by atoms with Gasteiger partial charge in [0.1, 0.15) is 5.69 Å². The smallest absolute Gasteiger partial charge is 0.150 e. The van der Waals surface area contributed by atoms with Gasteiger partial charge in [0, 0.05) is 11.9 Å². The van der Waals surface area contributed by atoms with E-state index in [9.17, 15) is 8.78 Å². The standard InChI is InChI=1S/C13H10F2N2S/c1-17(8-10-3-2-4-18-10)13-11(14)5-9(7-16)6-12(13)15/h2-6H,8H2,1H3. The van der Waals surface area contributed by atoms with Crippen LogP contribution in [0, 0.1) is 23.0 Å². The van der Waals surface area contributed by atoms with E-state index >= 15 is 0 Å². The number of halogens is 2. The van der Waals surface area contributed by atoms with Crippen LogP contribution in [-0.4, -0.2) is 7.05 Å². The maximum Gasteiger partial charge on any atom is 0.150 e. The summed E-state index contributed by atoms with van der Waals surface area (Å²) in [6.07, 6.45) is 0. The first kappa shape index (κ1) is 12.5. The predicted octanol–water partition coefficient (Wildman–Crippen LogP) is 3.53. The van der Waals surface area contributed by atoms with Gasteiger partial charge in [0.25, 0.3) is 0 Å². The molecule has 0 fully saturated rings. The molecular formula is C13H10F2N2S. The Bertz CT molecular complexity index is 565. The first-order valence-electron chi connectivity index (χ1n) is 5.24. The normalized spacial score (nSPS) is 10.1. The molecule has 0 atom stereocenters. The highest BCUT2D eigenvalue weighted by molar-refractivity contribution is 7.09. The number of nitriles is 1. The summed E-state index contributed by atoms with van der Waals surface area (Å²) in [5.74, 6) is -1.43. The van der Waals surface area contributed by atoms with Crippen LogP contribution in [0.2, 0.25) is 0 Å². The van der Waals surface area contributed by atoms with Crippen molar-refractivity contribution in [2.75, 3.05) is 11.9 Å². The van der Waals surface area contributed by atoms with Crippen LogP contribution in [0.1, 0.15) is 10.4 Å². The van der Waals surface area contributed by atoms with Gasteiger partial charge in [0.2, 0.25) is 0 Å². The molecule has 0 radical (unpaired) electrons.